The van der Waals surface area contributed by atoms with E-state index in [1.165, 1.54) is 5.69 Å². The molecule has 33 heavy (non-hydrogen) atoms. The van der Waals surface area contributed by atoms with Crippen LogP contribution >= 0.6 is 0 Å². The summed E-state index contributed by atoms with van der Waals surface area (Å²) >= 11 is 0. The second kappa shape index (κ2) is 9.67. The van der Waals surface area contributed by atoms with Crippen LogP contribution in [0.5, 0.6) is 0 Å². The SMILES string of the molecule is CC(=O)N1CCC(CN2CCC(C3c4nc[nH]c4CCN3C(=O)c3ccccc3)CC2)CC1. The summed E-state index contributed by atoms with van der Waals surface area (Å²) in [5.41, 5.74) is 3.02. The molecular weight excluding hydrogens is 414 g/mol. The van der Waals surface area contributed by atoms with Gasteiger partial charge in [-0.2, -0.15) is 0 Å². The van der Waals surface area contributed by atoms with Gasteiger partial charge < -0.3 is 19.7 Å². The molecule has 0 saturated carbocycles. The van der Waals surface area contributed by atoms with Gasteiger partial charge in [-0.15, -0.1) is 0 Å². The van der Waals surface area contributed by atoms with E-state index in [0.717, 1.165) is 82.6 Å². The number of fused-ring (bicyclic) bond motifs is 1. The molecular formula is C26H35N5O2. The fraction of sp³-hybridized carbons (Fsp3) is 0.577. The Kier molecular flexibility index (Phi) is 6.49. The third-order valence-corrected chi connectivity index (χ3v) is 7.91. The maximum absolute atomic E-state index is 13.4. The summed E-state index contributed by atoms with van der Waals surface area (Å²) < 4.78 is 0. The molecule has 0 aliphatic carbocycles. The number of H-pyrrole nitrogens is 1. The lowest BCUT2D eigenvalue weighted by atomic mass is 9.83. The van der Waals surface area contributed by atoms with Crippen molar-refractivity contribution in [2.45, 2.75) is 45.1 Å². The summed E-state index contributed by atoms with van der Waals surface area (Å²) in [6.07, 6.45) is 7.01. The average molecular weight is 450 g/mol. The van der Waals surface area contributed by atoms with Crippen molar-refractivity contribution in [2.24, 2.45) is 11.8 Å². The van der Waals surface area contributed by atoms with Crippen LogP contribution in [0.2, 0.25) is 0 Å². The Morgan fingerprint density at radius 3 is 2.42 bits per heavy atom. The van der Waals surface area contributed by atoms with Crippen molar-refractivity contribution in [1.82, 2.24) is 24.7 Å². The molecule has 1 aromatic carbocycles. The van der Waals surface area contributed by atoms with Gasteiger partial charge >= 0.3 is 0 Å². The Labute approximate surface area is 196 Å². The molecule has 4 heterocycles. The zero-order valence-corrected chi connectivity index (χ0v) is 19.6. The molecule has 1 aromatic heterocycles. The molecule has 7 nitrogen and oxygen atoms in total. The number of rotatable bonds is 4. The minimum Gasteiger partial charge on any atom is -0.348 e. The first kappa shape index (κ1) is 22.1. The molecule has 1 N–H and O–H groups in total. The minimum absolute atomic E-state index is 0.0497. The molecule has 3 aliphatic heterocycles. The Hall–Kier alpha value is -2.67. The van der Waals surface area contributed by atoms with Crippen molar-refractivity contribution < 1.29 is 9.59 Å². The van der Waals surface area contributed by atoms with Gasteiger partial charge in [0.25, 0.3) is 5.91 Å². The van der Waals surface area contributed by atoms with E-state index in [0.29, 0.717) is 11.8 Å². The van der Waals surface area contributed by atoms with Crippen LogP contribution in [0.25, 0.3) is 0 Å². The number of amides is 2. The summed E-state index contributed by atoms with van der Waals surface area (Å²) in [5.74, 6) is 1.43. The van der Waals surface area contributed by atoms with Gasteiger partial charge in [0, 0.05) is 50.8 Å². The second-order valence-corrected chi connectivity index (χ2v) is 9.91. The van der Waals surface area contributed by atoms with Crippen molar-refractivity contribution in [3.63, 3.8) is 0 Å². The Bertz CT molecular complexity index is 958. The van der Waals surface area contributed by atoms with Gasteiger partial charge in [0.05, 0.1) is 18.1 Å². The van der Waals surface area contributed by atoms with Crippen LogP contribution in [0.4, 0.5) is 0 Å². The van der Waals surface area contributed by atoms with Gasteiger partial charge in [0.15, 0.2) is 0 Å². The number of piperidine rings is 2. The number of likely N-dealkylation sites (tertiary alicyclic amines) is 2. The number of aromatic amines is 1. The van der Waals surface area contributed by atoms with Crippen molar-refractivity contribution in [1.29, 1.82) is 0 Å². The van der Waals surface area contributed by atoms with Crippen molar-refractivity contribution in [3.8, 4) is 0 Å². The number of carbonyl (C=O) groups excluding carboxylic acids is 2. The first-order chi connectivity index (χ1) is 16.1. The molecule has 5 rings (SSSR count). The van der Waals surface area contributed by atoms with Crippen LogP contribution in [0, 0.1) is 11.8 Å². The average Bonchev–Trinajstić information content (AvgIpc) is 3.33. The van der Waals surface area contributed by atoms with E-state index in [2.05, 4.69) is 19.8 Å². The zero-order valence-electron chi connectivity index (χ0n) is 19.6. The summed E-state index contributed by atoms with van der Waals surface area (Å²) in [6, 6.07) is 9.71. The molecule has 7 heteroatoms. The standard InChI is InChI=1S/C26H35N5O2/c1-19(32)30-14-7-20(8-15-30)17-29-12-9-21(10-13-29)25-24-23(27-18-28-24)11-16-31(25)26(33)22-5-3-2-4-6-22/h2-6,18,20-21,25H,7-17H2,1H3,(H,27,28). The van der Waals surface area contributed by atoms with Crippen molar-refractivity contribution in [2.75, 3.05) is 39.3 Å². The molecule has 1 atom stereocenters. The van der Waals surface area contributed by atoms with Gasteiger partial charge in [-0.05, 0) is 62.7 Å². The van der Waals surface area contributed by atoms with Gasteiger partial charge in [-0.3, -0.25) is 9.59 Å². The highest BCUT2D eigenvalue weighted by molar-refractivity contribution is 5.94. The molecule has 0 bridgehead atoms. The first-order valence-corrected chi connectivity index (χ1v) is 12.5. The smallest absolute Gasteiger partial charge is 0.254 e. The number of carbonyl (C=O) groups is 2. The lowest BCUT2D eigenvalue weighted by molar-refractivity contribution is -0.130. The fourth-order valence-electron chi connectivity index (χ4n) is 6.00. The van der Waals surface area contributed by atoms with Gasteiger partial charge in [0.1, 0.15) is 0 Å². The fourth-order valence-corrected chi connectivity index (χ4v) is 6.00. The molecule has 0 spiro atoms. The van der Waals surface area contributed by atoms with Crippen molar-refractivity contribution >= 4 is 11.8 Å². The van der Waals surface area contributed by atoms with Crippen LogP contribution in [0.1, 0.15) is 60.4 Å². The number of imidazole rings is 1. The summed E-state index contributed by atoms with van der Waals surface area (Å²) in [7, 11) is 0. The topological polar surface area (TPSA) is 72.5 Å². The highest BCUT2D eigenvalue weighted by Crippen LogP contribution is 2.39. The maximum Gasteiger partial charge on any atom is 0.254 e. The zero-order chi connectivity index (χ0) is 22.8. The molecule has 1 unspecified atom stereocenters. The van der Waals surface area contributed by atoms with E-state index >= 15 is 0 Å². The number of benzene rings is 1. The van der Waals surface area contributed by atoms with Crippen LogP contribution in [0.3, 0.4) is 0 Å². The van der Waals surface area contributed by atoms with Gasteiger partial charge in [-0.1, -0.05) is 18.2 Å². The van der Waals surface area contributed by atoms with Crippen LogP contribution in [0.15, 0.2) is 36.7 Å². The quantitative estimate of drug-likeness (QED) is 0.779. The van der Waals surface area contributed by atoms with E-state index in [9.17, 15) is 9.59 Å². The van der Waals surface area contributed by atoms with Gasteiger partial charge in [-0.25, -0.2) is 4.98 Å². The second-order valence-electron chi connectivity index (χ2n) is 9.91. The van der Waals surface area contributed by atoms with Crippen LogP contribution in [-0.4, -0.2) is 75.8 Å². The molecule has 2 aromatic rings. The molecule has 0 radical (unpaired) electrons. The first-order valence-electron chi connectivity index (χ1n) is 12.5. The molecule has 176 valence electrons. The summed E-state index contributed by atoms with van der Waals surface area (Å²) in [5, 5.41) is 0. The Morgan fingerprint density at radius 2 is 1.73 bits per heavy atom. The van der Waals surface area contributed by atoms with Gasteiger partial charge in [0.2, 0.25) is 5.91 Å². The predicted octanol–water partition coefficient (Wildman–Crippen LogP) is 3.12. The summed E-state index contributed by atoms with van der Waals surface area (Å²) in [6.45, 7) is 7.48. The third kappa shape index (κ3) is 4.69. The molecule has 2 fully saturated rings. The third-order valence-electron chi connectivity index (χ3n) is 7.91. The summed E-state index contributed by atoms with van der Waals surface area (Å²) in [4.78, 5) is 39.7. The Morgan fingerprint density at radius 1 is 1.00 bits per heavy atom. The van der Waals surface area contributed by atoms with E-state index in [1.807, 2.05) is 35.2 Å². The van der Waals surface area contributed by atoms with Crippen LogP contribution in [-0.2, 0) is 11.2 Å². The minimum atomic E-state index is 0.0497. The molecule has 2 saturated heterocycles. The largest absolute Gasteiger partial charge is 0.348 e. The lowest BCUT2D eigenvalue weighted by Gasteiger charge is -2.44. The Balaban J connectivity index is 1.23. The van der Waals surface area contributed by atoms with Crippen molar-refractivity contribution in [3.05, 3.63) is 53.6 Å². The van der Waals surface area contributed by atoms with E-state index < -0.39 is 0 Å². The number of hydrogen-bond acceptors (Lipinski definition) is 4. The number of aromatic nitrogens is 2. The highest BCUT2D eigenvalue weighted by atomic mass is 16.2. The molecule has 2 amide bonds. The number of hydrogen-bond donors (Lipinski definition) is 1. The van der Waals surface area contributed by atoms with Crippen LogP contribution < -0.4 is 0 Å². The van der Waals surface area contributed by atoms with E-state index in [4.69, 9.17) is 0 Å². The number of nitrogens with zero attached hydrogens (tertiary/aromatic N) is 4. The number of nitrogens with one attached hydrogen (secondary N) is 1. The van der Waals surface area contributed by atoms with E-state index in [-0.39, 0.29) is 17.9 Å². The highest BCUT2D eigenvalue weighted by Gasteiger charge is 2.40. The lowest BCUT2D eigenvalue weighted by Crippen LogP contribution is -2.47. The normalized spacial score (nSPS) is 22.9. The monoisotopic (exact) mass is 449 g/mol. The molecule has 3 aliphatic rings. The predicted molar refractivity (Wildman–Crippen MR) is 127 cm³/mol. The van der Waals surface area contributed by atoms with E-state index in [1.54, 1.807) is 13.3 Å². The maximum atomic E-state index is 13.4.